The molecule has 0 amide bonds. The highest BCUT2D eigenvalue weighted by Gasteiger charge is 2.08. The van der Waals surface area contributed by atoms with Gasteiger partial charge >= 0.3 is 0 Å². The SMILES string of the molecule is CCOc1c(/C=N/N(C)C)cccc1OC. The Bertz CT molecular complexity index is 362. The van der Waals surface area contributed by atoms with Gasteiger partial charge in [0.2, 0.25) is 0 Å². The zero-order chi connectivity index (χ0) is 12.0. The number of hydrazone groups is 1. The van der Waals surface area contributed by atoms with Crippen LogP contribution in [-0.2, 0) is 0 Å². The molecule has 0 aromatic heterocycles. The summed E-state index contributed by atoms with van der Waals surface area (Å²) in [6, 6.07) is 5.73. The Labute approximate surface area is 96.5 Å². The van der Waals surface area contributed by atoms with E-state index in [0.717, 1.165) is 17.1 Å². The van der Waals surface area contributed by atoms with Crippen molar-refractivity contribution in [2.24, 2.45) is 5.10 Å². The molecule has 1 aromatic rings. The third kappa shape index (κ3) is 3.15. The van der Waals surface area contributed by atoms with Gasteiger partial charge in [-0.15, -0.1) is 0 Å². The van der Waals surface area contributed by atoms with Crippen molar-refractivity contribution in [3.05, 3.63) is 23.8 Å². The van der Waals surface area contributed by atoms with Crippen molar-refractivity contribution in [1.29, 1.82) is 0 Å². The topological polar surface area (TPSA) is 34.1 Å². The maximum atomic E-state index is 5.56. The average molecular weight is 222 g/mol. The fourth-order valence-electron chi connectivity index (χ4n) is 1.27. The monoisotopic (exact) mass is 222 g/mol. The molecule has 0 radical (unpaired) electrons. The maximum absolute atomic E-state index is 5.56. The summed E-state index contributed by atoms with van der Waals surface area (Å²) in [4.78, 5) is 0. The summed E-state index contributed by atoms with van der Waals surface area (Å²) < 4.78 is 10.8. The second-order valence-corrected chi connectivity index (χ2v) is 3.40. The minimum absolute atomic E-state index is 0.600. The number of para-hydroxylation sites is 1. The molecule has 0 heterocycles. The zero-order valence-electron chi connectivity index (χ0n) is 10.2. The molecule has 4 nitrogen and oxygen atoms in total. The number of rotatable bonds is 5. The third-order valence-electron chi connectivity index (χ3n) is 1.95. The molecule has 0 spiro atoms. The summed E-state index contributed by atoms with van der Waals surface area (Å²) in [5.41, 5.74) is 0.912. The van der Waals surface area contributed by atoms with Gasteiger partial charge in [-0.25, -0.2) is 0 Å². The van der Waals surface area contributed by atoms with E-state index in [9.17, 15) is 0 Å². The Morgan fingerprint density at radius 1 is 1.38 bits per heavy atom. The standard InChI is InChI=1S/C12H18N2O2/c1-5-16-12-10(9-13-14(2)3)7-6-8-11(12)15-4/h6-9H,5H2,1-4H3/b13-9+. The maximum Gasteiger partial charge on any atom is 0.169 e. The third-order valence-corrected chi connectivity index (χ3v) is 1.95. The van der Waals surface area contributed by atoms with Crippen LogP contribution in [0.1, 0.15) is 12.5 Å². The average Bonchev–Trinajstić information content (AvgIpc) is 2.27. The van der Waals surface area contributed by atoms with E-state index in [1.807, 2.05) is 39.2 Å². The number of nitrogens with zero attached hydrogens (tertiary/aromatic N) is 2. The molecular formula is C12H18N2O2. The predicted molar refractivity (Wildman–Crippen MR) is 65.4 cm³/mol. The molecule has 0 unspecified atom stereocenters. The lowest BCUT2D eigenvalue weighted by Gasteiger charge is -2.12. The molecule has 0 atom stereocenters. The molecule has 0 N–H and O–H groups in total. The molecule has 0 aliphatic carbocycles. The van der Waals surface area contributed by atoms with Gasteiger partial charge in [0.25, 0.3) is 0 Å². The van der Waals surface area contributed by atoms with Crippen molar-refractivity contribution in [2.75, 3.05) is 27.8 Å². The summed E-state index contributed by atoms with van der Waals surface area (Å²) in [5.74, 6) is 1.46. The molecule has 0 aliphatic rings. The summed E-state index contributed by atoms with van der Waals surface area (Å²) in [7, 11) is 5.37. The molecule has 4 heteroatoms. The second-order valence-electron chi connectivity index (χ2n) is 3.40. The molecule has 0 bridgehead atoms. The van der Waals surface area contributed by atoms with Crippen molar-refractivity contribution in [1.82, 2.24) is 5.01 Å². The van der Waals surface area contributed by atoms with Gasteiger partial charge < -0.3 is 14.5 Å². The van der Waals surface area contributed by atoms with Crippen molar-refractivity contribution in [2.45, 2.75) is 6.92 Å². The van der Waals surface area contributed by atoms with Crippen LogP contribution in [0.2, 0.25) is 0 Å². The van der Waals surface area contributed by atoms with Crippen LogP contribution in [0.3, 0.4) is 0 Å². The number of methoxy groups -OCH3 is 1. The normalized spacial score (nSPS) is 10.5. The molecule has 1 rings (SSSR count). The van der Waals surface area contributed by atoms with E-state index in [1.54, 1.807) is 18.3 Å². The molecule has 0 saturated heterocycles. The van der Waals surface area contributed by atoms with Crippen LogP contribution < -0.4 is 9.47 Å². The second kappa shape index (κ2) is 6.00. The van der Waals surface area contributed by atoms with Crippen LogP contribution in [0.25, 0.3) is 0 Å². The molecule has 88 valence electrons. The first-order chi connectivity index (χ1) is 7.69. The largest absolute Gasteiger partial charge is 0.493 e. The van der Waals surface area contributed by atoms with E-state index in [2.05, 4.69) is 5.10 Å². The highest BCUT2D eigenvalue weighted by molar-refractivity contribution is 5.84. The minimum atomic E-state index is 0.600. The van der Waals surface area contributed by atoms with Crippen LogP contribution in [0.5, 0.6) is 11.5 Å². The Balaban J connectivity index is 3.06. The van der Waals surface area contributed by atoms with E-state index in [4.69, 9.17) is 9.47 Å². The Hall–Kier alpha value is -1.71. The van der Waals surface area contributed by atoms with Crippen molar-refractivity contribution < 1.29 is 9.47 Å². The van der Waals surface area contributed by atoms with Gasteiger partial charge in [-0.2, -0.15) is 5.10 Å². The number of hydrogen-bond donors (Lipinski definition) is 0. The lowest BCUT2D eigenvalue weighted by atomic mass is 10.2. The molecule has 0 aliphatic heterocycles. The molecule has 0 fully saturated rings. The van der Waals surface area contributed by atoms with Gasteiger partial charge in [0.15, 0.2) is 11.5 Å². The first-order valence-electron chi connectivity index (χ1n) is 5.20. The molecule has 0 saturated carbocycles. The highest BCUT2D eigenvalue weighted by atomic mass is 16.5. The summed E-state index contributed by atoms with van der Waals surface area (Å²) >= 11 is 0. The van der Waals surface area contributed by atoms with Crippen molar-refractivity contribution in [3.63, 3.8) is 0 Å². The van der Waals surface area contributed by atoms with Crippen LogP contribution in [0.4, 0.5) is 0 Å². The van der Waals surface area contributed by atoms with Crippen LogP contribution in [0.15, 0.2) is 23.3 Å². The number of benzene rings is 1. The van der Waals surface area contributed by atoms with Crippen LogP contribution >= 0.6 is 0 Å². The predicted octanol–water partition coefficient (Wildman–Crippen LogP) is 1.99. The fourth-order valence-corrected chi connectivity index (χ4v) is 1.27. The summed E-state index contributed by atoms with van der Waals surface area (Å²) in [6.07, 6.45) is 1.76. The van der Waals surface area contributed by atoms with Crippen LogP contribution in [0, 0.1) is 0 Å². The van der Waals surface area contributed by atoms with Crippen molar-refractivity contribution >= 4 is 6.21 Å². The van der Waals surface area contributed by atoms with Crippen LogP contribution in [-0.4, -0.2) is 39.0 Å². The number of ether oxygens (including phenoxy) is 2. The van der Waals surface area contributed by atoms with E-state index in [-0.39, 0.29) is 0 Å². The highest BCUT2D eigenvalue weighted by Crippen LogP contribution is 2.29. The lowest BCUT2D eigenvalue weighted by molar-refractivity contribution is 0.310. The minimum Gasteiger partial charge on any atom is -0.493 e. The first kappa shape index (κ1) is 12.4. The van der Waals surface area contributed by atoms with E-state index in [1.165, 1.54) is 0 Å². The lowest BCUT2D eigenvalue weighted by Crippen LogP contribution is -2.04. The zero-order valence-corrected chi connectivity index (χ0v) is 10.2. The van der Waals surface area contributed by atoms with Gasteiger partial charge in [0.05, 0.1) is 19.9 Å². The first-order valence-corrected chi connectivity index (χ1v) is 5.20. The molecule has 1 aromatic carbocycles. The Morgan fingerprint density at radius 3 is 2.69 bits per heavy atom. The smallest absolute Gasteiger partial charge is 0.169 e. The summed E-state index contributed by atoms with van der Waals surface area (Å²) in [6.45, 7) is 2.54. The molecular weight excluding hydrogens is 204 g/mol. The molecule has 16 heavy (non-hydrogen) atoms. The van der Waals surface area contributed by atoms with Crippen molar-refractivity contribution in [3.8, 4) is 11.5 Å². The fraction of sp³-hybridized carbons (Fsp3) is 0.417. The van der Waals surface area contributed by atoms with E-state index >= 15 is 0 Å². The van der Waals surface area contributed by atoms with Gasteiger partial charge in [-0.3, -0.25) is 0 Å². The van der Waals surface area contributed by atoms with E-state index < -0.39 is 0 Å². The Morgan fingerprint density at radius 2 is 2.12 bits per heavy atom. The van der Waals surface area contributed by atoms with E-state index in [0.29, 0.717) is 6.61 Å². The summed E-state index contributed by atoms with van der Waals surface area (Å²) in [5, 5.41) is 5.92. The quantitative estimate of drug-likeness (QED) is 0.564. The number of hydrogen-bond acceptors (Lipinski definition) is 4. The van der Waals surface area contributed by atoms with Gasteiger partial charge in [0.1, 0.15) is 0 Å². The van der Waals surface area contributed by atoms with Gasteiger partial charge in [0, 0.05) is 19.7 Å². The van der Waals surface area contributed by atoms with Gasteiger partial charge in [-0.05, 0) is 19.1 Å². The Kier molecular flexibility index (Phi) is 4.64. The van der Waals surface area contributed by atoms with Gasteiger partial charge in [-0.1, -0.05) is 6.07 Å².